The second kappa shape index (κ2) is 10.8. The molecule has 10 heteroatoms. The van der Waals surface area contributed by atoms with Crippen molar-refractivity contribution in [3.05, 3.63) is 89.7 Å². The summed E-state index contributed by atoms with van der Waals surface area (Å²) in [5.74, 6) is 0.387. The first kappa shape index (κ1) is 25.8. The summed E-state index contributed by atoms with van der Waals surface area (Å²) >= 11 is 0. The summed E-state index contributed by atoms with van der Waals surface area (Å²) in [5.41, 5.74) is 0.722. The van der Waals surface area contributed by atoms with Crippen LogP contribution in [0.15, 0.2) is 78.0 Å². The first-order valence-corrected chi connectivity index (χ1v) is 12.9. The molecule has 3 aromatic rings. The maximum atomic E-state index is 13.0. The van der Waals surface area contributed by atoms with Gasteiger partial charge in [-0.05, 0) is 66.8 Å². The molecule has 1 aliphatic rings. The predicted octanol–water partition coefficient (Wildman–Crippen LogP) is 5.03. The van der Waals surface area contributed by atoms with Gasteiger partial charge < -0.3 is 4.74 Å². The number of alkyl halides is 3. The van der Waals surface area contributed by atoms with Crippen molar-refractivity contribution in [3.8, 4) is 5.75 Å². The Kier molecular flexibility index (Phi) is 7.75. The number of aromatic nitrogens is 1. The van der Waals surface area contributed by atoms with Gasteiger partial charge in [-0.1, -0.05) is 24.3 Å². The van der Waals surface area contributed by atoms with Crippen LogP contribution in [-0.4, -0.2) is 36.1 Å². The average molecular weight is 519 g/mol. The Hall–Kier alpha value is -3.24. The number of nitrogens with zero attached hydrogens (tertiary/aromatic N) is 2. The third-order valence-corrected chi connectivity index (χ3v) is 7.95. The highest BCUT2D eigenvalue weighted by molar-refractivity contribution is 7.89. The molecule has 1 aromatic heterocycles. The second-order valence-electron chi connectivity index (χ2n) is 8.56. The highest BCUT2D eigenvalue weighted by Gasteiger charge is 2.39. The normalized spacial score (nSPS) is 16.7. The van der Waals surface area contributed by atoms with Crippen molar-refractivity contribution in [3.63, 3.8) is 0 Å². The van der Waals surface area contributed by atoms with E-state index in [-0.39, 0.29) is 23.7 Å². The molecule has 1 fully saturated rings. The van der Waals surface area contributed by atoms with E-state index in [1.807, 2.05) is 6.07 Å². The molecule has 36 heavy (non-hydrogen) atoms. The van der Waals surface area contributed by atoms with Gasteiger partial charge in [0.25, 0.3) is 0 Å². The van der Waals surface area contributed by atoms with Gasteiger partial charge in [0.2, 0.25) is 10.0 Å². The maximum absolute atomic E-state index is 13.0. The van der Waals surface area contributed by atoms with Gasteiger partial charge in [-0.2, -0.15) is 17.5 Å². The lowest BCUT2D eigenvalue weighted by Crippen LogP contribution is -2.40. The summed E-state index contributed by atoms with van der Waals surface area (Å²) in [6, 6.07) is 14.2. The minimum Gasteiger partial charge on any atom is -0.489 e. The number of hydrogen-bond acceptors (Lipinski definition) is 5. The summed E-state index contributed by atoms with van der Waals surface area (Å²) in [7, 11) is -3.80. The molecular weight excluding hydrogens is 493 g/mol. The van der Waals surface area contributed by atoms with Crippen LogP contribution in [0.1, 0.15) is 36.0 Å². The largest absolute Gasteiger partial charge is 0.489 e. The van der Waals surface area contributed by atoms with E-state index in [2.05, 4.69) is 4.98 Å². The highest BCUT2D eigenvalue weighted by atomic mass is 32.2. The van der Waals surface area contributed by atoms with Crippen molar-refractivity contribution >= 4 is 15.8 Å². The third kappa shape index (κ3) is 6.11. The van der Waals surface area contributed by atoms with Crippen molar-refractivity contribution in [1.82, 2.24) is 9.29 Å². The third-order valence-electron chi connectivity index (χ3n) is 6.06. The number of rotatable bonds is 9. The van der Waals surface area contributed by atoms with E-state index < -0.39 is 27.8 Å². The molecule has 2 heterocycles. The van der Waals surface area contributed by atoms with Crippen LogP contribution in [0.2, 0.25) is 0 Å². The smallest absolute Gasteiger partial charge is 0.416 e. The predicted molar refractivity (Wildman–Crippen MR) is 127 cm³/mol. The maximum Gasteiger partial charge on any atom is 0.416 e. The molecule has 0 radical (unpaired) electrons. The van der Waals surface area contributed by atoms with Gasteiger partial charge >= 0.3 is 6.18 Å². The molecule has 1 saturated heterocycles. The van der Waals surface area contributed by atoms with Crippen LogP contribution in [0.3, 0.4) is 0 Å². The molecule has 0 aliphatic carbocycles. The van der Waals surface area contributed by atoms with Crippen LogP contribution in [0.4, 0.5) is 13.2 Å². The van der Waals surface area contributed by atoms with Crippen molar-refractivity contribution in [2.75, 3.05) is 6.54 Å². The standard InChI is InChI=1S/C26H25F3N2O4S/c27-26(28,29)21-11-8-20(9-12-21)18-35-22-5-1-4-19(16-22)10-13-25(32)24-7-3-15-31(24)36(33,34)23-6-2-14-30-17-23/h1-2,4-6,8-9,11-12,14,16-17,24H,3,7,10,13,15,18H2/t24-/m0/s1. The number of carbonyl (C=O) groups is 1. The Morgan fingerprint density at radius 2 is 1.83 bits per heavy atom. The van der Waals surface area contributed by atoms with E-state index in [4.69, 9.17) is 4.74 Å². The number of benzene rings is 2. The topological polar surface area (TPSA) is 76.6 Å². The lowest BCUT2D eigenvalue weighted by molar-refractivity contribution is -0.137. The van der Waals surface area contributed by atoms with Gasteiger partial charge in [0.05, 0.1) is 11.6 Å². The SMILES string of the molecule is O=C(CCc1cccc(OCc2ccc(C(F)(F)F)cc2)c1)[C@@H]1CCCN1S(=O)(=O)c1cccnc1. The fraction of sp³-hybridized carbons (Fsp3) is 0.308. The van der Waals surface area contributed by atoms with Crippen molar-refractivity contribution in [1.29, 1.82) is 0 Å². The number of ether oxygens (including phenoxy) is 1. The Bertz CT molecular complexity index is 1300. The van der Waals surface area contributed by atoms with E-state index in [9.17, 15) is 26.4 Å². The number of sulfonamides is 1. The molecule has 0 N–H and O–H groups in total. The van der Waals surface area contributed by atoms with Crippen LogP contribution in [0.25, 0.3) is 0 Å². The van der Waals surface area contributed by atoms with E-state index in [1.54, 1.807) is 24.3 Å². The first-order chi connectivity index (χ1) is 17.1. The second-order valence-corrected chi connectivity index (χ2v) is 10.5. The van der Waals surface area contributed by atoms with Gasteiger partial charge in [0, 0.05) is 25.4 Å². The van der Waals surface area contributed by atoms with Gasteiger partial charge in [-0.25, -0.2) is 8.42 Å². The van der Waals surface area contributed by atoms with Crippen LogP contribution in [0.5, 0.6) is 5.75 Å². The highest BCUT2D eigenvalue weighted by Crippen LogP contribution is 2.30. The minimum absolute atomic E-state index is 0.0718. The van der Waals surface area contributed by atoms with E-state index in [0.717, 1.165) is 17.7 Å². The number of carbonyl (C=O) groups excluding carboxylic acids is 1. The fourth-order valence-corrected chi connectivity index (χ4v) is 5.81. The van der Waals surface area contributed by atoms with E-state index in [1.165, 1.54) is 34.9 Å². The van der Waals surface area contributed by atoms with E-state index >= 15 is 0 Å². The van der Waals surface area contributed by atoms with E-state index in [0.29, 0.717) is 37.1 Å². The number of aryl methyl sites for hydroxylation is 1. The molecular formula is C26H25F3N2O4S. The Morgan fingerprint density at radius 1 is 1.06 bits per heavy atom. The summed E-state index contributed by atoms with van der Waals surface area (Å²) < 4.78 is 71.1. The van der Waals surface area contributed by atoms with Crippen LogP contribution >= 0.6 is 0 Å². The fourth-order valence-electron chi connectivity index (χ4n) is 4.17. The number of ketones is 1. The zero-order chi connectivity index (χ0) is 25.8. The molecule has 6 nitrogen and oxygen atoms in total. The van der Waals surface area contributed by atoms with Gasteiger partial charge in [-0.3, -0.25) is 9.78 Å². The zero-order valence-electron chi connectivity index (χ0n) is 19.3. The number of halogens is 3. The van der Waals surface area contributed by atoms with Crippen LogP contribution in [-0.2, 0) is 34.0 Å². The molecule has 0 amide bonds. The number of hydrogen-bond donors (Lipinski definition) is 0. The molecule has 0 unspecified atom stereocenters. The lowest BCUT2D eigenvalue weighted by atomic mass is 10.0. The molecule has 1 aliphatic heterocycles. The summed E-state index contributed by atoms with van der Waals surface area (Å²) in [6.45, 7) is 0.394. The lowest BCUT2D eigenvalue weighted by Gasteiger charge is -2.23. The monoisotopic (exact) mass is 518 g/mol. The number of pyridine rings is 1. The summed E-state index contributed by atoms with van der Waals surface area (Å²) in [5, 5.41) is 0. The molecule has 0 saturated carbocycles. The Morgan fingerprint density at radius 3 is 2.53 bits per heavy atom. The van der Waals surface area contributed by atoms with Gasteiger partial charge in [0.15, 0.2) is 5.78 Å². The van der Waals surface area contributed by atoms with Crippen molar-refractivity contribution in [2.45, 2.75) is 49.4 Å². The zero-order valence-corrected chi connectivity index (χ0v) is 20.1. The molecule has 190 valence electrons. The van der Waals surface area contributed by atoms with Crippen LogP contribution in [0, 0.1) is 0 Å². The Balaban J connectivity index is 1.34. The van der Waals surface area contributed by atoms with Gasteiger partial charge in [-0.15, -0.1) is 0 Å². The summed E-state index contributed by atoms with van der Waals surface area (Å²) in [6.07, 6.45) is 0.0689. The van der Waals surface area contributed by atoms with Crippen molar-refractivity contribution < 1.29 is 31.1 Å². The summed E-state index contributed by atoms with van der Waals surface area (Å²) in [4.78, 5) is 16.9. The molecule has 2 aromatic carbocycles. The average Bonchev–Trinajstić information content (AvgIpc) is 3.38. The molecule has 0 spiro atoms. The quantitative estimate of drug-likeness (QED) is 0.397. The molecule has 0 bridgehead atoms. The number of Topliss-reactive ketones (excluding diaryl/α,β-unsaturated/α-hetero) is 1. The minimum atomic E-state index is -4.39. The van der Waals surface area contributed by atoms with Crippen LogP contribution < -0.4 is 4.74 Å². The molecule has 4 rings (SSSR count). The van der Waals surface area contributed by atoms with Crippen molar-refractivity contribution in [2.24, 2.45) is 0 Å². The molecule has 1 atom stereocenters. The van der Waals surface area contributed by atoms with Gasteiger partial charge in [0.1, 0.15) is 17.3 Å². The Labute approximate surface area is 207 Å². The first-order valence-electron chi connectivity index (χ1n) is 11.5.